The third kappa shape index (κ3) is 31.5. The average molecular weight is 1830 g/mol. The molecule has 4 aromatic carbocycles. The van der Waals surface area contributed by atoms with Gasteiger partial charge in [0.1, 0.15) is 53.4 Å². The summed E-state index contributed by atoms with van der Waals surface area (Å²) in [6, 6.07) is 11.0. The number of amides is 16. The molecule has 680 valence electrons. The minimum Gasteiger partial charge on any atom is -0.508 e. The first kappa shape index (κ1) is 102. The Morgan fingerprint density at radius 3 is 1.22 bits per heavy atom. The molecule has 0 bridgehead atoms. The van der Waals surface area contributed by atoms with Crippen LogP contribution >= 0.6 is 43.2 Å². The number of carboxylic acids is 2. The van der Waals surface area contributed by atoms with Gasteiger partial charge in [0.25, 0.3) is 0 Å². The van der Waals surface area contributed by atoms with Crippen molar-refractivity contribution < 1.29 is 107 Å². The highest BCUT2D eigenvalue weighted by Crippen LogP contribution is 2.30. The van der Waals surface area contributed by atoms with Crippen molar-refractivity contribution in [1.82, 2.24) is 56.9 Å². The van der Waals surface area contributed by atoms with Crippen molar-refractivity contribution in [2.45, 2.75) is 165 Å². The van der Waals surface area contributed by atoms with Gasteiger partial charge in [-0.15, -0.1) is 0 Å². The van der Waals surface area contributed by atoms with Crippen molar-refractivity contribution in [3.8, 4) is 22.9 Å². The Morgan fingerprint density at radius 1 is 0.452 bits per heavy atom. The van der Waals surface area contributed by atoms with E-state index in [4.69, 9.17) is 34.4 Å². The zero-order chi connectivity index (χ0) is 93.3. The normalized spacial score (nSPS) is 23.1. The number of primary amides is 4. The summed E-state index contributed by atoms with van der Waals surface area (Å²) >= 11 is 0. The maximum atomic E-state index is 14.3. The number of Topliss-reactive ketones (excluding diaryl/α,β-unsaturated/α-hetero) is 2. The van der Waals surface area contributed by atoms with E-state index in [1.807, 2.05) is 0 Å². The smallest absolute Gasteiger partial charge is 0.375 e. The Morgan fingerprint density at radius 2 is 0.825 bits per heavy atom. The lowest BCUT2D eigenvalue weighted by molar-refractivity contribution is -0.143. The number of aliphatic carboxylic acids is 2. The number of hydrogen-bond donors (Lipinski definition) is 19. The molecule has 0 aliphatic carbocycles. The quantitative estimate of drug-likeness (QED) is 0.0339. The molecule has 0 saturated carbocycles. The van der Waals surface area contributed by atoms with Crippen molar-refractivity contribution >= 4 is 155 Å². The molecular weight excluding hydrogens is 1730 g/mol. The van der Waals surface area contributed by atoms with Gasteiger partial charge in [-0.2, -0.15) is 4.68 Å². The van der Waals surface area contributed by atoms with Crippen LogP contribution in [0.2, 0.25) is 0 Å². The maximum absolute atomic E-state index is 14.3. The van der Waals surface area contributed by atoms with Crippen LogP contribution in [0.5, 0.6) is 11.5 Å². The highest BCUT2D eigenvalue weighted by atomic mass is 33.1. The number of anilines is 1. The van der Waals surface area contributed by atoms with Crippen LogP contribution in [-0.4, -0.2) is 225 Å². The van der Waals surface area contributed by atoms with E-state index >= 15 is 0 Å². The molecule has 44 nitrogen and oxygen atoms in total. The Kier molecular flexibility index (Phi) is 40.2. The van der Waals surface area contributed by atoms with Crippen molar-refractivity contribution in [3.63, 3.8) is 0 Å². The number of rotatable bonds is 23. The second-order valence-electron chi connectivity index (χ2n) is 29.3. The molecule has 2 fully saturated rings. The van der Waals surface area contributed by atoms with Gasteiger partial charge < -0.3 is 97.4 Å². The zero-order valence-corrected chi connectivity index (χ0v) is 71.8. The van der Waals surface area contributed by atoms with Crippen LogP contribution in [0.15, 0.2) is 123 Å². The molecule has 2 saturated heterocycles. The molecule has 25 N–H and O–H groups in total. The number of azo groups is 1. The van der Waals surface area contributed by atoms with E-state index in [-0.39, 0.29) is 77.8 Å². The lowest BCUT2D eigenvalue weighted by Gasteiger charge is -2.29. The summed E-state index contributed by atoms with van der Waals surface area (Å²) in [5.74, 6) is -19.6. The van der Waals surface area contributed by atoms with E-state index in [0.717, 1.165) is 57.3 Å². The summed E-state index contributed by atoms with van der Waals surface area (Å²) in [5.41, 5.74) is 33.3. The number of H-pyrrole nitrogens is 1. The Hall–Kier alpha value is -12.8. The van der Waals surface area contributed by atoms with Gasteiger partial charge in [-0.3, -0.25) is 76.7 Å². The number of benzene rings is 4. The number of nitrogens with one attached hydrogen (secondary N) is 9. The first-order chi connectivity index (χ1) is 59.6. The van der Waals surface area contributed by atoms with Crippen molar-refractivity contribution in [3.05, 3.63) is 135 Å². The molecule has 126 heavy (non-hydrogen) atoms. The van der Waals surface area contributed by atoms with Crippen molar-refractivity contribution in [2.24, 2.45) is 68.3 Å². The van der Waals surface area contributed by atoms with Gasteiger partial charge in [0.05, 0.1) is 60.2 Å². The minimum atomic E-state index is -1.61. The van der Waals surface area contributed by atoms with Crippen LogP contribution in [0.25, 0.3) is 11.4 Å². The van der Waals surface area contributed by atoms with Crippen LogP contribution in [0.1, 0.15) is 103 Å². The first-order valence-corrected chi connectivity index (χ1v) is 44.1. The summed E-state index contributed by atoms with van der Waals surface area (Å²) in [5, 5.41) is 69.0. The average Bonchev–Trinajstić information content (AvgIpc) is 1.63. The van der Waals surface area contributed by atoms with Gasteiger partial charge in [-0.05, 0) is 84.3 Å². The van der Waals surface area contributed by atoms with Crippen LogP contribution in [0.3, 0.4) is 0 Å². The number of para-hydroxylation sites is 2. The Labute approximate surface area is 734 Å². The molecule has 1 aromatic heterocycles. The maximum Gasteiger partial charge on any atom is 0.375 e. The summed E-state index contributed by atoms with van der Waals surface area (Å²) in [4.78, 5) is 257. The SMILES string of the molecule is CCC(C)C1NC(=O)C(Cc2ccc(O)c(-n3[nH]c(=O)n(-c4ccccc4)c3=O)c2)NC(=O)C(N)CSSCC(C(=O)O)CC(=O)C(CC(N)=O)NC(=O)C(CCC(N)=O)NC1=O.CCC(C)C1NC(=O)C(Cc2ccc(O)cc2)NC(=O)C(N)CSSCC(C(=O)O)CC(=O)C(CC(N)=O)NC(=O)C(CCC(N)=O)NC1=O.O=C1N=NC(=O)N1c1ccccc1. The molecule has 3 aliphatic heterocycles. The van der Waals surface area contributed by atoms with E-state index < -0.39 is 240 Å². The van der Waals surface area contributed by atoms with E-state index in [2.05, 4.69) is 57.9 Å². The van der Waals surface area contributed by atoms with Gasteiger partial charge in [0, 0.05) is 61.5 Å². The highest BCUT2D eigenvalue weighted by molar-refractivity contribution is 8.77. The topological polar surface area (TPSA) is 728 Å². The molecule has 8 rings (SSSR count). The molecule has 0 spiro atoms. The number of nitrogens with zero attached hydrogens (tertiary/aromatic N) is 5. The number of phenolic OH excluding ortho intramolecular Hbond substituents is 2. The predicted molar refractivity (Wildman–Crippen MR) is 460 cm³/mol. The molecule has 48 heteroatoms. The number of urea groups is 2. The molecule has 14 unspecified atom stereocenters. The molecule has 5 aromatic rings. The number of ketones is 2. The summed E-state index contributed by atoms with van der Waals surface area (Å²) in [6.45, 7) is 6.76. The largest absolute Gasteiger partial charge is 0.508 e. The van der Waals surface area contributed by atoms with Crippen LogP contribution in [-0.2, 0) is 89.6 Å². The monoisotopic (exact) mass is 1830 g/mol. The third-order valence-electron chi connectivity index (χ3n) is 19.7. The van der Waals surface area contributed by atoms with Crippen LogP contribution < -0.4 is 93.2 Å². The number of aromatic nitrogens is 3. The highest BCUT2D eigenvalue weighted by Gasteiger charge is 2.40. The van der Waals surface area contributed by atoms with Gasteiger partial charge in [-0.25, -0.2) is 33.7 Å². The van der Waals surface area contributed by atoms with Gasteiger partial charge in [0.15, 0.2) is 11.6 Å². The molecule has 16 amide bonds. The fourth-order valence-electron chi connectivity index (χ4n) is 12.2. The second kappa shape index (κ2) is 49.6. The minimum absolute atomic E-state index is 0.00468. The lowest BCUT2D eigenvalue weighted by Crippen LogP contribution is -2.60. The van der Waals surface area contributed by atoms with Crippen LogP contribution in [0.4, 0.5) is 15.3 Å². The number of nitrogens with two attached hydrogens (primary N) is 6. The number of carbonyl (C=O) groups excluding carboxylic acids is 16. The number of aromatic hydroxyl groups is 2. The number of phenols is 2. The second-order valence-corrected chi connectivity index (χ2v) is 34.4. The third-order valence-corrected chi connectivity index (χ3v) is 24.7. The summed E-state index contributed by atoms with van der Waals surface area (Å²) in [7, 11) is 4.08. The van der Waals surface area contributed by atoms with E-state index in [9.17, 15) is 116 Å². The Balaban J connectivity index is 0.000000345. The summed E-state index contributed by atoms with van der Waals surface area (Å²) in [6.07, 6.45) is -3.84. The van der Waals surface area contributed by atoms with Crippen LogP contribution in [0, 0.1) is 23.7 Å². The molecular formula is C78H100N20O24S4. The van der Waals surface area contributed by atoms with Gasteiger partial charge in [-0.1, -0.05) is 149 Å². The molecule has 0 radical (unpaired) electrons. The number of imide groups is 1. The van der Waals surface area contributed by atoms with Crippen molar-refractivity contribution in [2.75, 3.05) is 27.9 Å². The number of carboxylic acid groups (broad SMARTS) is 2. The molecule has 4 heterocycles. The van der Waals surface area contributed by atoms with Crippen molar-refractivity contribution in [1.29, 1.82) is 0 Å². The molecule has 3 aliphatic rings. The molecule has 14 atom stereocenters. The number of hydrogen-bond acceptors (Lipinski definition) is 28. The number of carbonyl (C=O) groups is 18. The van der Waals surface area contributed by atoms with E-state index in [1.54, 1.807) is 88.4 Å². The Bertz CT molecular complexity index is 4950. The van der Waals surface area contributed by atoms with E-state index in [1.165, 1.54) is 42.5 Å². The summed E-state index contributed by atoms with van der Waals surface area (Å²) < 4.78 is 1.65. The first-order valence-electron chi connectivity index (χ1n) is 39.1. The zero-order valence-electron chi connectivity index (χ0n) is 68.5. The number of aromatic amines is 1. The van der Waals surface area contributed by atoms with E-state index in [0.29, 0.717) is 24.1 Å². The lowest BCUT2D eigenvalue weighted by atomic mass is 9.96. The predicted octanol–water partition coefficient (Wildman–Crippen LogP) is -1.28. The van der Waals surface area contributed by atoms with Gasteiger partial charge in [0.2, 0.25) is 70.9 Å². The van der Waals surface area contributed by atoms with Gasteiger partial charge >= 0.3 is 35.4 Å². The fourth-order valence-corrected chi connectivity index (χ4v) is 17.1. The fraction of sp³-hybridized carbons (Fsp3) is 0.436. The standard InChI is InChI=1S/C39H50N10O12S2.C31H45N7O10S2.C8H5N3O2/c1-3-19(2)32-36(57)43-24(10-12-30(41)52)34(55)44-25(16-31(42)53)29(51)15-21(37(58)59)17-62-63-18-23(40)33(54)45-26(35(56)46-32)13-20-9-11-28(50)27(14-20)49-39(61)48(38(60)47-49)22-7-5-4-6-8-22;1-3-15(2)26-30(46)35-20(8-9-24(33)41)28(44)36-21(12-25(34)42)23(40)11-17(31(47)48)13-49-50-14-19(32)27(43)37-22(29(45)38-26)10-16-4-6-18(39)7-5-16;12-7-9-10-8(13)11(7)6-4-2-1-3-5-6/h4-9,11,14,19,21,23-26,32,50H,3,10,12-13,15-18,40H2,1-2H3,(H2,41,52)(H2,42,53)(H,43,57)(H,44,55)(H,45,54)(H,46,56)(H,47,60)(H,58,59);4-7,15,17,19-22,26,39H,3,8-14,32H2,1-2H3,(H2,33,41)(H2,34,42)(H,35,46)(H,36,44)(H,37,43)(H,38,45)(H,47,48);1-5H.